The first-order valence-electron chi connectivity index (χ1n) is 7.13. The lowest BCUT2D eigenvalue weighted by Gasteiger charge is -2.22. The molecule has 3 N–H and O–H groups in total. The molecule has 1 aromatic carbocycles. The van der Waals surface area contributed by atoms with Crippen LogP contribution in [-0.4, -0.2) is 28.3 Å². The van der Waals surface area contributed by atoms with Crippen molar-refractivity contribution in [3.8, 4) is 0 Å². The Balaban J connectivity index is 1.82. The quantitative estimate of drug-likeness (QED) is 0.741. The molecular formula is C16H23NO3. The van der Waals surface area contributed by atoms with Crippen LogP contribution < -0.4 is 5.32 Å². The number of aryl methyl sites for hydroxylation is 1. The molecule has 0 aliphatic heterocycles. The average Bonchev–Trinajstić information content (AvgIpc) is 3.20. The summed E-state index contributed by atoms with van der Waals surface area (Å²) in [5, 5.41) is 22.9. The molecule has 4 nitrogen and oxygen atoms in total. The van der Waals surface area contributed by atoms with E-state index in [1.807, 2.05) is 31.2 Å². The number of nitrogens with one attached hydrogen (secondary N) is 1. The van der Waals surface area contributed by atoms with Crippen LogP contribution >= 0.6 is 0 Å². The zero-order chi connectivity index (χ0) is 14.8. The summed E-state index contributed by atoms with van der Waals surface area (Å²) in [7, 11) is 0. The Labute approximate surface area is 119 Å². The minimum absolute atomic E-state index is 0.0954. The molecule has 0 heterocycles. The van der Waals surface area contributed by atoms with E-state index >= 15 is 0 Å². The normalized spacial score (nSPS) is 19.2. The first-order valence-corrected chi connectivity index (χ1v) is 7.13. The second-order valence-corrected chi connectivity index (χ2v) is 5.98. The van der Waals surface area contributed by atoms with Crippen molar-refractivity contribution < 1.29 is 15.0 Å². The molecule has 0 radical (unpaired) electrons. The Morgan fingerprint density at radius 2 is 2.10 bits per heavy atom. The number of carbonyl (C=O) groups excluding carboxylic acids is 1. The lowest BCUT2D eigenvalue weighted by atomic mass is 9.96. The number of amides is 1. The number of benzene rings is 1. The van der Waals surface area contributed by atoms with Gasteiger partial charge in [0.1, 0.15) is 0 Å². The summed E-state index contributed by atoms with van der Waals surface area (Å²) in [6.07, 6.45) is 1.36. The van der Waals surface area contributed by atoms with Gasteiger partial charge < -0.3 is 15.5 Å². The van der Waals surface area contributed by atoms with E-state index < -0.39 is 11.7 Å². The fourth-order valence-electron chi connectivity index (χ4n) is 2.52. The lowest BCUT2D eigenvalue weighted by Crippen LogP contribution is -2.37. The Morgan fingerprint density at radius 1 is 1.45 bits per heavy atom. The Bertz CT molecular complexity index is 480. The van der Waals surface area contributed by atoms with Gasteiger partial charge in [-0.25, -0.2) is 0 Å². The van der Waals surface area contributed by atoms with Crippen LogP contribution in [0.4, 0.5) is 0 Å². The molecule has 1 aromatic rings. The zero-order valence-electron chi connectivity index (χ0n) is 12.1. The molecule has 0 aromatic heterocycles. The highest BCUT2D eigenvalue weighted by Crippen LogP contribution is 2.41. The predicted molar refractivity (Wildman–Crippen MR) is 77.1 cm³/mol. The largest absolute Gasteiger partial charge is 0.389 e. The van der Waals surface area contributed by atoms with E-state index in [1.165, 1.54) is 0 Å². The number of hydrogen-bond acceptors (Lipinski definition) is 3. The van der Waals surface area contributed by atoms with Crippen LogP contribution in [0.3, 0.4) is 0 Å². The highest BCUT2D eigenvalue weighted by atomic mass is 16.3. The molecule has 20 heavy (non-hydrogen) atoms. The summed E-state index contributed by atoms with van der Waals surface area (Å²) in [5.74, 6) is 0.0316. The number of aliphatic hydroxyl groups is 2. The Hall–Kier alpha value is -1.39. The number of aliphatic hydroxyl groups excluding tert-OH is 1. The molecular weight excluding hydrogens is 254 g/mol. The first-order chi connectivity index (χ1) is 9.40. The van der Waals surface area contributed by atoms with Gasteiger partial charge in [0.25, 0.3) is 0 Å². The third kappa shape index (κ3) is 3.81. The van der Waals surface area contributed by atoms with Crippen molar-refractivity contribution in [1.82, 2.24) is 5.32 Å². The highest BCUT2D eigenvalue weighted by molar-refractivity contribution is 5.77. The van der Waals surface area contributed by atoms with Gasteiger partial charge in [0.2, 0.25) is 5.91 Å². The zero-order valence-corrected chi connectivity index (χ0v) is 12.1. The van der Waals surface area contributed by atoms with Crippen LogP contribution in [0, 0.1) is 12.8 Å². The van der Waals surface area contributed by atoms with Crippen molar-refractivity contribution in [2.24, 2.45) is 5.92 Å². The van der Waals surface area contributed by atoms with Gasteiger partial charge in [-0.1, -0.05) is 24.3 Å². The molecule has 1 aliphatic rings. The molecule has 1 aliphatic carbocycles. The van der Waals surface area contributed by atoms with E-state index in [9.17, 15) is 15.0 Å². The van der Waals surface area contributed by atoms with Crippen molar-refractivity contribution >= 4 is 5.91 Å². The summed E-state index contributed by atoms with van der Waals surface area (Å²) in [6.45, 7) is 3.81. The summed E-state index contributed by atoms with van der Waals surface area (Å²) >= 11 is 0. The molecule has 1 saturated carbocycles. The summed E-state index contributed by atoms with van der Waals surface area (Å²) < 4.78 is 0. The van der Waals surface area contributed by atoms with Gasteiger partial charge in [-0.3, -0.25) is 4.79 Å². The SMILES string of the molecule is Cc1ccccc1[C@@H](O)CNC(=O)C[C@@](C)(O)C1CC1. The molecule has 0 unspecified atom stereocenters. The predicted octanol–water partition coefficient (Wildman–Crippen LogP) is 1.70. The smallest absolute Gasteiger partial charge is 0.222 e. The van der Waals surface area contributed by atoms with Crippen molar-refractivity contribution in [2.45, 2.75) is 44.8 Å². The van der Waals surface area contributed by atoms with Crippen LogP contribution in [0.15, 0.2) is 24.3 Å². The maximum Gasteiger partial charge on any atom is 0.222 e. The van der Waals surface area contributed by atoms with Crippen LogP contribution in [-0.2, 0) is 4.79 Å². The summed E-state index contributed by atoms with van der Waals surface area (Å²) in [5.41, 5.74) is 0.901. The van der Waals surface area contributed by atoms with Gasteiger partial charge in [0.05, 0.1) is 18.1 Å². The molecule has 4 heteroatoms. The molecule has 1 amide bonds. The molecule has 2 rings (SSSR count). The molecule has 0 saturated heterocycles. The van der Waals surface area contributed by atoms with Crippen molar-refractivity contribution in [3.05, 3.63) is 35.4 Å². The van der Waals surface area contributed by atoms with E-state index in [4.69, 9.17) is 0 Å². The standard InChI is InChI=1S/C16H23NO3/c1-11-5-3-4-6-13(11)14(18)10-17-15(19)9-16(2,20)12-7-8-12/h3-6,12,14,18,20H,7-10H2,1-2H3,(H,17,19)/t14-,16+/m0/s1. The molecule has 2 atom stereocenters. The van der Waals surface area contributed by atoms with E-state index in [0.717, 1.165) is 24.0 Å². The fourth-order valence-corrected chi connectivity index (χ4v) is 2.52. The van der Waals surface area contributed by atoms with Crippen LogP contribution in [0.2, 0.25) is 0 Å². The molecule has 0 spiro atoms. The van der Waals surface area contributed by atoms with Gasteiger partial charge in [0, 0.05) is 6.54 Å². The monoisotopic (exact) mass is 277 g/mol. The minimum Gasteiger partial charge on any atom is -0.389 e. The van der Waals surface area contributed by atoms with Gasteiger partial charge in [0.15, 0.2) is 0 Å². The van der Waals surface area contributed by atoms with E-state index in [-0.39, 0.29) is 24.8 Å². The van der Waals surface area contributed by atoms with E-state index in [2.05, 4.69) is 5.32 Å². The van der Waals surface area contributed by atoms with Gasteiger partial charge in [-0.05, 0) is 43.7 Å². The minimum atomic E-state index is -0.919. The van der Waals surface area contributed by atoms with Crippen molar-refractivity contribution in [1.29, 1.82) is 0 Å². The lowest BCUT2D eigenvalue weighted by molar-refractivity contribution is -0.126. The first kappa shape index (κ1) is 15.0. The highest BCUT2D eigenvalue weighted by Gasteiger charge is 2.41. The second kappa shape index (κ2) is 5.94. The maximum absolute atomic E-state index is 11.8. The maximum atomic E-state index is 11.8. The Kier molecular flexibility index (Phi) is 4.45. The third-order valence-electron chi connectivity index (χ3n) is 4.02. The van der Waals surface area contributed by atoms with Crippen LogP contribution in [0.5, 0.6) is 0 Å². The number of carbonyl (C=O) groups is 1. The average molecular weight is 277 g/mol. The van der Waals surface area contributed by atoms with Crippen molar-refractivity contribution in [2.75, 3.05) is 6.54 Å². The molecule has 1 fully saturated rings. The Morgan fingerprint density at radius 3 is 2.70 bits per heavy atom. The molecule has 110 valence electrons. The van der Waals surface area contributed by atoms with Gasteiger partial charge in [-0.2, -0.15) is 0 Å². The van der Waals surface area contributed by atoms with E-state index in [1.54, 1.807) is 6.92 Å². The van der Waals surface area contributed by atoms with Crippen molar-refractivity contribution in [3.63, 3.8) is 0 Å². The third-order valence-corrected chi connectivity index (χ3v) is 4.02. The van der Waals surface area contributed by atoms with Gasteiger partial charge >= 0.3 is 0 Å². The van der Waals surface area contributed by atoms with Gasteiger partial charge in [-0.15, -0.1) is 0 Å². The van der Waals surface area contributed by atoms with Crippen LogP contribution in [0.25, 0.3) is 0 Å². The molecule has 0 bridgehead atoms. The number of rotatable bonds is 6. The summed E-state index contributed by atoms with van der Waals surface area (Å²) in [6, 6.07) is 7.56. The fraction of sp³-hybridized carbons (Fsp3) is 0.562. The number of hydrogen-bond donors (Lipinski definition) is 3. The topological polar surface area (TPSA) is 69.6 Å². The second-order valence-electron chi connectivity index (χ2n) is 5.98. The van der Waals surface area contributed by atoms with Crippen LogP contribution in [0.1, 0.15) is 43.4 Å². The van der Waals surface area contributed by atoms with E-state index in [0.29, 0.717) is 0 Å². The summed E-state index contributed by atoms with van der Waals surface area (Å²) in [4.78, 5) is 11.8.